The first-order valence-electron chi connectivity index (χ1n) is 10.5. The first kappa shape index (κ1) is 22.1. The summed E-state index contributed by atoms with van der Waals surface area (Å²) in [5.74, 6) is -0.511. The third-order valence-electron chi connectivity index (χ3n) is 5.98. The molecule has 0 bridgehead atoms. The van der Waals surface area contributed by atoms with E-state index in [-0.39, 0.29) is 17.4 Å². The molecule has 0 unspecified atom stereocenters. The first-order chi connectivity index (χ1) is 15.4. The Morgan fingerprint density at radius 2 is 1.59 bits per heavy atom. The molecule has 4 rings (SSSR count). The largest absolute Gasteiger partial charge is 0.497 e. The second-order valence-electron chi connectivity index (χ2n) is 7.94. The molecular formula is C25H24ClFN2O3. The van der Waals surface area contributed by atoms with Crippen molar-refractivity contribution in [2.45, 2.75) is 12.8 Å². The lowest BCUT2D eigenvalue weighted by molar-refractivity contribution is -0.133. The standard InChI is InChI=1S/C25H24ClFN2O3/c1-16(17-3-4-19-14-21(32-2)7-5-18(19)13-17)24(30)28-9-11-29(12-10-28)25(31)22-15-20(26)6-8-23(22)27/h3-8,13-16H,9-12H2,1-2H3/t16-/m0/s1. The fraction of sp³-hybridized carbons (Fsp3) is 0.280. The van der Waals surface area contributed by atoms with E-state index in [1.165, 1.54) is 18.2 Å². The Morgan fingerprint density at radius 1 is 0.938 bits per heavy atom. The van der Waals surface area contributed by atoms with Crippen LogP contribution in [0.5, 0.6) is 5.75 Å². The second kappa shape index (κ2) is 9.17. The zero-order valence-corrected chi connectivity index (χ0v) is 18.7. The lowest BCUT2D eigenvalue weighted by Crippen LogP contribution is -2.51. The predicted octanol–water partition coefficient (Wildman–Crippen LogP) is 4.73. The summed E-state index contributed by atoms with van der Waals surface area (Å²) in [6.07, 6.45) is 0. The minimum absolute atomic E-state index is 0.0129. The van der Waals surface area contributed by atoms with Gasteiger partial charge in [-0.05, 0) is 53.6 Å². The molecule has 0 saturated carbocycles. The van der Waals surface area contributed by atoms with E-state index >= 15 is 0 Å². The van der Waals surface area contributed by atoms with Crippen molar-refractivity contribution in [2.75, 3.05) is 33.3 Å². The number of ether oxygens (including phenoxy) is 1. The van der Waals surface area contributed by atoms with Gasteiger partial charge in [-0.3, -0.25) is 9.59 Å². The van der Waals surface area contributed by atoms with Gasteiger partial charge in [-0.2, -0.15) is 0 Å². The maximum absolute atomic E-state index is 14.0. The van der Waals surface area contributed by atoms with Gasteiger partial charge in [-0.1, -0.05) is 35.9 Å². The average molecular weight is 455 g/mol. The molecule has 7 heteroatoms. The lowest BCUT2D eigenvalue weighted by atomic mass is 9.96. The van der Waals surface area contributed by atoms with Gasteiger partial charge in [-0.25, -0.2) is 4.39 Å². The van der Waals surface area contributed by atoms with Crippen LogP contribution in [0, 0.1) is 5.82 Å². The number of carbonyl (C=O) groups is 2. The molecule has 1 saturated heterocycles. The minimum Gasteiger partial charge on any atom is -0.497 e. The Morgan fingerprint density at radius 3 is 2.31 bits per heavy atom. The van der Waals surface area contributed by atoms with E-state index in [9.17, 15) is 14.0 Å². The predicted molar refractivity (Wildman–Crippen MR) is 123 cm³/mol. The normalized spacial score (nSPS) is 15.0. The maximum atomic E-state index is 14.0. The molecule has 2 amide bonds. The third kappa shape index (κ3) is 4.41. The molecule has 0 aliphatic carbocycles. The van der Waals surface area contributed by atoms with Crippen LogP contribution in [0.2, 0.25) is 5.02 Å². The number of rotatable bonds is 4. The van der Waals surface area contributed by atoms with Gasteiger partial charge in [0.1, 0.15) is 11.6 Å². The zero-order chi connectivity index (χ0) is 22.8. The van der Waals surface area contributed by atoms with Crippen molar-refractivity contribution in [3.63, 3.8) is 0 Å². The molecule has 0 spiro atoms. The zero-order valence-electron chi connectivity index (χ0n) is 18.0. The lowest BCUT2D eigenvalue weighted by Gasteiger charge is -2.36. The highest BCUT2D eigenvalue weighted by Crippen LogP contribution is 2.27. The Balaban J connectivity index is 1.42. The summed E-state index contributed by atoms with van der Waals surface area (Å²) >= 11 is 5.91. The number of halogens is 2. The van der Waals surface area contributed by atoms with Crippen LogP contribution in [0.4, 0.5) is 4.39 Å². The average Bonchev–Trinajstić information content (AvgIpc) is 2.83. The summed E-state index contributed by atoms with van der Waals surface area (Å²) in [6.45, 7) is 3.40. The number of carbonyl (C=O) groups excluding carboxylic acids is 2. The summed E-state index contributed by atoms with van der Waals surface area (Å²) in [7, 11) is 1.63. The third-order valence-corrected chi connectivity index (χ3v) is 6.21. The molecule has 3 aromatic rings. The van der Waals surface area contributed by atoms with Crippen molar-refractivity contribution in [1.82, 2.24) is 9.80 Å². The van der Waals surface area contributed by atoms with Gasteiger partial charge in [0, 0.05) is 31.2 Å². The SMILES string of the molecule is COc1ccc2cc([C@H](C)C(=O)N3CCN(C(=O)c4cc(Cl)ccc4F)CC3)ccc2c1. The number of hydrogen-bond donors (Lipinski definition) is 0. The van der Waals surface area contributed by atoms with E-state index in [2.05, 4.69) is 0 Å². The number of amides is 2. The van der Waals surface area contributed by atoms with Gasteiger partial charge < -0.3 is 14.5 Å². The first-order valence-corrected chi connectivity index (χ1v) is 10.9. The Labute approximate surface area is 191 Å². The van der Waals surface area contributed by atoms with Crippen LogP contribution in [-0.2, 0) is 4.79 Å². The van der Waals surface area contributed by atoms with Crippen molar-refractivity contribution in [1.29, 1.82) is 0 Å². The van der Waals surface area contributed by atoms with E-state index in [4.69, 9.17) is 16.3 Å². The van der Waals surface area contributed by atoms with E-state index < -0.39 is 11.7 Å². The van der Waals surface area contributed by atoms with Crippen molar-refractivity contribution in [3.05, 3.63) is 76.6 Å². The second-order valence-corrected chi connectivity index (χ2v) is 8.37. The highest BCUT2D eigenvalue weighted by atomic mass is 35.5. The van der Waals surface area contributed by atoms with Gasteiger partial charge in [0.25, 0.3) is 5.91 Å². The van der Waals surface area contributed by atoms with Crippen molar-refractivity contribution < 1.29 is 18.7 Å². The quantitative estimate of drug-likeness (QED) is 0.572. The van der Waals surface area contributed by atoms with E-state index in [1.54, 1.807) is 16.9 Å². The smallest absolute Gasteiger partial charge is 0.257 e. The molecule has 166 valence electrons. The number of methoxy groups -OCH3 is 1. The number of nitrogens with zero attached hydrogens (tertiary/aromatic N) is 2. The van der Waals surface area contributed by atoms with Gasteiger partial charge >= 0.3 is 0 Å². The van der Waals surface area contributed by atoms with E-state index in [0.29, 0.717) is 31.2 Å². The number of hydrogen-bond acceptors (Lipinski definition) is 3. The number of fused-ring (bicyclic) bond motifs is 1. The fourth-order valence-electron chi connectivity index (χ4n) is 4.02. The summed E-state index contributed by atoms with van der Waals surface area (Å²) in [5, 5.41) is 2.40. The van der Waals surface area contributed by atoms with Gasteiger partial charge in [0.15, 0.2) is 0 Å². The van der Waals surface area contributed by atoms with E-state index in [1.807, 2.05) is 43.3 Å². The molecule has 1 heterocycles. The number of piperazine rings is 1. The monoisotopic (exact) mass is 454 g/mol. The van der Waals surface area contributed by atoms with Crippen LogP contribution in [-0.4, -0.2) is 54.9 Å². The summed E-state index contributed by atoms with van der Waals surface area (Å²) in [6, 6.07) is 15.8. The van der Waals surface area contributed by atoms with Gasteiger partial charge in [0.05, 0.1) is 18.6 Å². The fourth-order valence-corrected chi connectivity index (χ4v) is 4.19. The Kier molecular flexibility index (Phi) is 6.33. The molecule has 1 aliphatic rings. The number of benzene rings is 3. The molecule has 1 fully saturated rings. The summed E-state index contributed by atoms with van der Waals surface area (Å²) in [5.41, 5.74) is 0.894. The summed E-state index contributed by atoms with van der Waals surface area (Å²) in [4.78, 5) is 29.1. The molecule has 3 aromatic carbocycles. The summed E-state index contributed by atoms with van der Waals surface area (Å²) < 4.78 is 19.3. The highest BCUT2D eigenvalue weighted by molar-refractivity contribution is 6.31. The van der Waals surface area contributed by atoms with Crippen LogP contribution in [0.1, 0.15) is 28.8 Å². The molecule has 0 N–H and O–H groups in total. The van der Waals surface area contributed by atoms with Crippen LogP contribution in [0.25, 0.3) is 10.8 Å². The molecule has 1 aliphatic heterocycles. The van der Waals surface area contributed by atoms with Crippen LogP contribution >= 0.6 is 11.6 Å². The Bertz CT molecular complexity index is 1180. The van der Waals surface area contributed by atoms with Crippen LogP contribution in [0.3, 0.4) is 0 Å². The molecular weight excluding hydrogens is 431 g/mol. The van der Waals surface area contributed by atoms with Crippen LogP contribution in [0.15, 0.2) is 54.6 Å². The molecule has 32 heavy (non-hydrogen) atoms. The van der Waals surface area contributed by atoms with Gasteiger partial charge in [0.2, 0.25) is 5.91 Å². The molecule has 0 aromatic heterocycles. The van der Waals surface area contributed by atoms with Crippen LogP contribution < -0.4 is 4.74 Å². The molecule has 1 atom stereocenters. The topological polar surface area (TPSA) is 49.9 Å². The molecule has 0 radical (unpaired) electrons. The minimum atomic E-state index is -0.597. The molecule has 5 nitrogen and oxygen atoms in total. The van der Waals surface area contributed by atoms with Gasteiger partial charge in [-0.15, -0.1) is 0 Å². The van der Waals surface area contributed by atoms with E-state index in [0.717, 1.165) is 22.1 Å². The maximum Gasteiger partial charge on any atom is 0.257 e. The van der Waals surface area contributed by atoms with Crippen molar-refractivity contribution >= 4 is 34.2 Å². The Hall–Kier alpha value is -3.12. The van der Waals surface area contributed by atoms with Crippen molar-refractivity contribution in [2.24, 2.45) is 0 Å². The van der Waals surface area contributed by atoms with Crippen molar-refractivity contribution in [3.8, 4) is 5.75 Å². The highest BCUT2D eigenvalue weighted by Gasteiger charge is 2.29.